The van der Waals surface area contributed by atoms with Crippen molar-refractivity contribution in [3.63, 3.8) is 0 Å². The Balaban J connectivity index is 1.70. The fourth-order valence-electron chi connectivity index (χ4n) is 2.85. The van der Waals surface area contributed by atoms with E-state index < -0.39 is 0 Å². The first-order chi connectivity index (χ1) is 9.76. The average molecular weight is 268 g/mol. The summed E-state index contributed by atoms with van der Waals surface area (Å²) in [5, 5.41) is 3.63. The normalized spacial score (nSPS) is 16.3. The molecule has 0 saturated heterocycles. The topological polar surface area (TPSA) is 17.0 Å². The lowest BCUT2D eigenvalue weighted by molar-refractivity contribution is 0.495. The van der Waals surface area contributed by atoms with E-state index in [0.717, 1.165) is 19.0 Å². The van der Waals surface area contributed by atoms with Crippen molar-refractivity contribution in [1.82, 2.24) is 9.88 Å². The summed E-state index contributed by atoms with van der Waals surface area (Å²) in [6.07, 6.45) is 7.27. The molecule has 1 saturated carbocycles. The smallest absolute Gasteiger partial charge is 0.0470 e. The van der Waals surface area contributed by atoms with Crippen LogP contribution >= 0.6 is 0 Å². The SMILES string of the molecule is CCNC(c1ccn(Cc2ccc(C)cc2)c1)C1CC1. The molecule has 20 heavy (non-hydrogen) atoms. The van der Waals surface area contributed by atoms with Gasteiger partial charge in [0.1, 0.15) is 0 Å². The molecule has 1 aliphatic carbocycles. The molecule has 3 rings (SSSR count). The Labute approximate surface area is 121 Å². The zero-order valence-electron chi connectivity index (χ0n) is 12.5. The first-order valence-corrected chi connectivity index (χ1v) is 7.71. The summed E-state index contributed by atoms with van der Waals surface area (Å²) < 4.78 is 2.30. The van der Waals surface area contributed by atoms with Gasteiger partial charge in [-0.2, -0.15) is 0 Å². The van der Waals surface area contributed by atoms with Crippen LogP contribution in [0.4, 0.5) is 0 Å². The van der Waals surface area contributed by atoms with Gasteiger partial charge in [-0.25, -0.2) is 0 Å². The molecular formula is C18H24N2. The molecule has 1 aliphatic rings. The zero-order valence-corrected chi connectivity index (χ0v) is 12.5. The van der Waals surface area contributed by atoms with Crippen molar-refractivity contribution in [3.8, 4) is 0 Å². The Morgan fingerprint density at radius 1 is 1.20 bits per heavy atom. The second-order valence-electron chi connectivity index (χ2n) is 5.98. The molecule has 2 aromatic rings. The molecule has 0 spiro atoms. The van der Waals surface area contributed by atoms with E-state index in [9.17, 15) is 0 Å². The molecule has 1 N–H and O–H groups in total. The molecule has 2 heteroatoms. The lowest BCUT2D eigenvalue weighted by Crippen LogP contribution is -2.22. The number of benzene rings is 1. The number of nitrogens with zero attached hydrogens (tertiary/aromatic N) is 1. The number of hydrogen-bond acceptors (Lipinski definition) is 1. The third-order valence-corrected chi connectivity index (χ3v) is 4.14. The molecule has 1 fully saturated rings. The Hall–Kier alpha value is -1.54. The highest BCUT2D eigenvalue weighted by molar-refractivity contribution is 5.23. The lowest BCUT2D eigenvalue weighted by atomic mass is 10.1. The number of hydrogen-bond donors (Lipinski definition) is 1. The molecular weight excluding hydrogens is 244 g/mol. The van der Waals surface area contributed by atoms with Gasteiger partial charge < -0.3 is 9.88 Å². The van der Waals surface area contributed by atoms with Gasteiger partial charge in [-0.3, -0.25) is 0 Å². The van der Waals surface area contributed by atoms with Crippen LogP contribution in [0.5, 0.6) is 0 Å². The molecule has 1 atom stereocenters. The van der Waals surface area contributed by atoms with E-state index in [2.05, 4.69) is 66.5 Å². The summed E-state index contributed by atoms with van der Waals surface area (Å²) in [7, 11) is 0. The predicted octanol–water partition coefficient (Wildman–Crippen LogP) is 3.91. The minimum absolute atomic E-state index is 0.555. The second-order valence-corrected chi connectivity index (χ2v) is 5.98. The zero-order chi connectivity index (χ0) is 13.9. The summed E-state index contributed by atoms with van der Waals surface area (Å²) in [5.74, 6) is 0.852. The second kappa shape index (κ2) is 5.84. The third kappa shape index (κ3) is 3.13. The summed E-state index contributed by atoms with van der Waals surface area (Å²) in [6, 6.07) is 11.6. The molecule has 0 amide bonds. The van der Waals surface area contributed by atoms with Crippen molar-refractivity contribution < 1.29 is 0 Å². The maximum absolute atomic E-state index is 3.63. The largest absolute Gasteiger partial charge is 0.350 e. The molecule has 2 nitrogen and oxygen atoms in total. The number of rotatable bonds is 6. The Morgan fingerprint density at radius 2 is 1.95 bits per heavy atom. The van der Waals surface area contributed by atoms with Crippen LogP contribution < -0.4 is 5.32 Å². The van der Waals surface area contributed by atoms with Crippen molar-refractivity contribution in [1.29, 1.82) is 0 Å². The van der Waals surface area contributed by atoms with E-state index in [0.29, 0.717) is 6.04 Å². The molecule has 0 radical (unpaired) electrons. The summed E-state index contributed by atoms with van der Waals surface area (Å²) in [5.41, 5.74) is 4.13. The minimum atomic E-state index is 0.555. The minimum Gasteiger partial charge on any atom is -0.350 e. The first kappa shape index (κ1) is 13.4. The van der Waals surface area contributed by atoms with Gasteiger partial charge in [-0.05, 0) is 49.4 Å². The van der Waals surface area contributed by atoms with Crippen molar-refractivity contribution in [3.05, 3.63) is 59.4 Å². The van der Waals surface area contributed by atoms with Gasteiger partial charge >= 0.3 is 0 Å². The highest BCUT2D eigenvalue weighted by atomic mass is 15.0. The molecule has 1 aromatic carbocycles. The van der Waals surface area contributed by atoms with Gasteiger partial charge in [0, 0.05) is 25.0 Å². The van der Waals surface area contributed by atoms with Crippen LogP contribution in [-0.2, 0) is 6.54 Å². The van der Waals surface area contributed by atoms with E-state index in [1.54, 1.807) is 0 Å². The maximum atomic E-state index is 3.63. The third-order valence-electron chi connectivity index (χ3n) is 4.14. The van der Waals surface area contributed by atoms with E-state index in [-0.39, 0.29) is 0 Å². The molecule has 1 heterocycles. The summed E-state index contributed by atoms with van der Waals surface area (Å²) >= 11 is 0. The van der Waals surface area contributed by atoms with Gasteiger partial charge in [0.05, 0.1) is 0 Å². The summed E-state index contributed by atoms with van der Waals surface area (Å²) in [4.78, 5) is 0. The van der Waals surface area contributed by atoms with Crippen LogP contribution in [0, 0.1) is 12.8 Å². The number of aryl methyl sites for hydroxylation is 1. The molecule has 1 unspecified atom stereocenters. The Kier molecular flexibility index (Phi) is 3.93. The quantitative estimate of drug-likeness (QED) is 0.840. The van der Waals surface area contributed by atoms with Crippen LogP contribution in [-0.4, -0.2) is 11.1 Å². The van der Waals surface area contributed by atoms with Gasteiger partial charge in [-0.15, -0.1) is 0 Å². The molecule has 106 valence electrons. The maximum Gasteiger partial charge on any atom is 0.0470 e. The van der Waals surface area contributed by atoms with E-state index in [1.165, 1.54) is 29.5 Å². The fraction of sp³-hybridized carbons (Fsp3) is 0.444. The van der Waals surface area contributed by atoms with Crippen molar-refractivity contribution in [2.24, 2.45) is 5.92 Å². The molecule has 0 bridgehead atoms. The van der Waals surface area contributed by atoms with Crippen molar-refractivity contribution in [2.75, 3.05) is 6.54 Å². The van der Waals surface area contributed by atoms with Crippen molar-refractivity contribution in [2.45, 2.75) is 39.3 Å². The number of nitrogens with one attached hydrogen (secondary N) is 1. The monoisotopic (exact) mass is 268 g/mol. The van der Waals surface area contributed by atoms with Crippen LogP contribution in [0.1, 0.15) is 42.5 Å². The van der Waals surface area contributed by atoms with Crippen molar-refractivity contribution >= 4 is 0 Å². The highest BCUT2D eigenvalue weighted by Gasteiger charge is 2.31. The summed E-state index contributed by atoms with van der Waals surface area (Å²) in [6.45, 7) is 6.33. The number of aromatic nitrogens is 1. The van der Waals surface area contributed by atoms with Gasteiger partial charge in [0.25, 0.3) is 0 Å². The van der Waals surface area contributed by atoms with Crippen LogP contribution in [0.25, 0.3) is 0 Å². The van der Waals surface area contributed by atoms with E-state index in [1.807, 2.05) is 0 Å². The van der Waals surface area contributed by atoms with Gasteiger partial charge in [0.15, 0.2) is 0 Å². The van der Waals surface area contributed by atoms with E-state index >= 15 is 0 Å². The lowest BCUT2D eigenvalue weighted by Gasteiger charge is -2.15. The van der Waals surface area contributed by atoms with Gasteiger partial charge in [0.2, 0.25) is 0 Å². The molecule has 1 aromatic heterocycles. The average Bonchev–Trinajstić information content (AvgIpc) is 3.19. The van der Waals surface area contributed by atoms with E-state index in [4.69, 9.17) is 0 Å². The Bertz CT molecular complexity index is 549. The molecule has 0 aliphatic heterocycles. The Morgan fingerprint density at radius 3 is 2.60 bits per heavy atom. The standard InChI is InChI=1S/C18H24N2/c1-3-19-18(16-8-9-16)17-10-11-20(13-17)12-15-6-4-14(2)5-7-15/h4-7,10-11,13,16,18-19H,3,8-9,12H2,1-2H3. The van der Waals surface area contributed by atoms with Crippen LogP contribution in [0.2, 0.25) is 0 Å². The predicted molar refractivity (Wildman–Crippen MR) is 83.9 cm³/mol. The first-order valence-electron chi connectivity index (χ1n) is 7.71. The van der Waals surface area contributed by atoms with Gasteiger partial charge in [-0.1, -0.05) is 36.8 Å². The van der Waals surface area contributed by atoms with Crippen LogP contribution in [0.15, 0.2) is 42.7 Å². The highest BCUT2D eigenvalue weighted by Crippen LogP contribution is 2.41. The van der Waals surface area contributed by atoms with Crippen LogP contribution in [0.3, 0.4) is 0 Å². The fourth-order valence-corrected chi connectivity index (χ4v) is 2.85.